The Morgan fingerprint density at radius 3 is 2.20 bits per heavy atom. The van der Waals surface area contributed by atoms with Gasteiger partial charge >= 0.3 is 0 Å². The molecule has 0 aromatic carbocycles. The summed E-state index contributed by atoms with van der Waals surface area (Å²) in [6, 6.07) is -0.671. The van der Waals surface area contributed by atoms with Crippen LogP contribution in [0.25, 0.3) is 0 Å². The van der Waals surface area contributed by atoms with Gasteiger partial charge in [0.1, 0.15) is 0 Å². The number of unbranched alkanes of at least 4 members (excludes halogenated alkanes) is 1. The molecule has 0 aromatic rings. The lowest BCUT2D eigenvalue weighted by molar-refractivity contribution is -0.123. The highest BCUT2D eigenvalue weighted by molar-refractivity contribution is 5.81. The topological polar surface area (TPSA) is 133 Å². The van der Waals surface area contributed by atoms with Gasteiger partial charge in [-0.25, -0.2) is 0 Å². The number of nitrogens with two attached hydrogens (primary N) is 4. The fourth-order valence-corrected chi connectivity index (χ4v) is 1.16. The van der Waals surface area contributed by atoms with Gasteiger partial charge in [-0.2, -0.15) is 0 Å². The third-order valence-electron chi connectivity index (χ3n) is 2.22. The van der Waals surface area contributed by atoms with Crippen molar-refractivity contribution in [3.8, 4) is 0 Å². The highest BCUT2D eigenvalue weighted by Gasteiger charge is 2.15. The van der Waals surface area contributed by atoms with Gasteiger partial charge in [-0.15, -0.1) is 0 Å². The summed E-state index contributed by atoms with van der Waals surface area (Å²) in [5.74, 6) is -0.187. The lowest BCUT2D eigenvalue weighted by Crippen LogP contribution is -2.50. The first-order chi connectivity index (χ1) is 7.15. The third-order valence-corrected chi connectivity index (χ3v) is 2.22. The molecule has 0 saturated carbocycles. The molecular formula is C9H23N5O. The lowest BCUT2D eigenvalue weighted by atomic mass is 10.1. The summed E-state index contributed by atoms with van der Waals surface area (Å²) in [6.45, 7) is 1.29. The van der Waals surface area contributed by atoms with Gasteiger partial charge in [0.15, 0.2) is 0 Å². The molecule has 0 spiro atoms. The highest BCUT2D eigenvalue weighted by atomic mass is 16.2. The van der Waals surface area contributed by atoms with Gasteiger partial charge in [0, 0.05) is 13.1 Å². The van der Waals surface area contributed by atoms with Crippen LogP contribution < -0.4 is 28.3 Å². The molecule has 0 unspecified atom stereocenters. The lowest BCUT2D eigenvalue weighted by Gasteiger charge is -2.17. The van der Waals surface area contributed by atoms with Gasteiger partial charge in [-0.3, -0.25) is 4.79 Å². The number of hydrogen-bond acceptors (Lipinski definition) is 5. The molecule has 0 aliphatic rings. The molecule has 0 fully saturated rings. The van der Waals surface area contributed by atoms with Crippen LogP contribution in [0.4, 0.5) is 0 Å². The zero-order chi connectivity index (χ0) is 11.7. The first-order valence-electron chi connectivity index (χ1n) is 5.31. The normalized spacial score (nSPS) is 12.9. The summed E-state index contributed by atoms with van der Waals surface area (Å²) in [6.07, 6.45) is 2.39. The van der Waals surface area contributed by atoms with Gasteiger partial charge in [0.25, 0.3) is 0 Å². The van der Waals surface area contributed by atoms with Crippen molar-refractivity contribution < 1.29 is 4.79 Å². The van der Waals surface area contributed by atoms with Gasteiger partial charge in [-0.05, 0) is 19.4 Å². The van der Waals surface area contributed by atoms with E-state index in [2.05, 4.69) is 5.32 Å². The zero-order valence-corrected chi connectivity index (χ0v) is 9.11. The average Bonchev–Trinajstić information content (AvgIpc) is 2.25. The Kier molecular flexibility index (Phi) is 8.21. The van der Waals surface area contributed by atoms with Crippen molar-refractivity contribution in [3.05, 3.63) is 0 Å². The van der Waals surface area contributed by atoms with Crippen LogP contribution in [0.3, 0.4) is 0 Å². The van der Waals surface area contributed by atoms with E-state index in [1.807, 2.05) is 0 Å². The fourth-order valence-electron chi connectivity index (χ4n) is 1.16. The van der Waals surface area contributed by atoms with Gasteiger partial charge < -0.3 is 28.3 Å². The zero-order valence-electron chi connectivity index (χ0n) is 9.11. The molecule has 90 valence electrons. The van der Waals surface area contributed by atoms with Gasteiger partial charge in [0.2, 0.25) is 5.91 Å². The second-order valence-electron chi connectivity index (χ2n) is 3.57. The second kappa shape index (κ2) is 8.60. The minimum Gasteiger partial charge on any atom is -0.349 e. The van der Waals surface area contributed by atoms with Crippen LogP contribution in [0.2, 0.25) is 0 Å². The molecule has 0 radical (unpaired) electrons. The molecule has 0 heterocycles. The Hall–Kier alpha value is -0.690. The minimum atomic E-state index is -0.489. The van der Waals surface area contributed by atoms with Crippen molar-refractivity contribution >= 4 is 5.91 Å². The number of amides is 1. The molecular weight excluding hydrogens is 194 g/mol. The Morgan fingerprint density at radius 1 is 1.13 bits per heavy atom. The van der Waals surface area contributed by atoms with E-state index < -0.39 is 6.04 Å². The first kappa shape index (κ1) is 14.3. The van der Waals surface area contributed by atoms with E-state index in [0.29, 0.717) is 26.1 Å². The summed E-state index contributed by atoms with van der Waals surface area (Å²) in [5, 5.41) is 2.70. The largest absolute Gasteiger partial charge is 0.349 e. The van der Waals surface area contributed by atoms with Crippen LogP contribution in [-0.2, 0) is 4.79 Å². The highest BCUT2D eigenvalue weighted by Crippen LogP contribution is 1.98. The summed E-state index contributed by atoms with van der Waals surface area (Å²) in [5.41, 5.74) is 21.8. The predicted octanol–water partition coefficient (Wildman–Crippen LogP) is -2.16. The number of hydrogen-bond donors (Lipinski definition) is 5. The van der Waals surface area contributed by atoms with Crippen molar-refractivity contribution in [3.63, 3.8) is 0 Å². The van der Waals surface area contributed by atoms with Crippen molar-refractivity contribution in [2.24, 2.45) is 22.9 Å². The van der Waals surface area contributed by atoms with E-state index in [4.69, 9.17) is 22.9 Å². The monoisotopic (exact) mass is 217 g/mol. The second-order valence-corrected chi connectivity index (χ2v) is 3.57. The summed E-state index contributed by atoms with van der Waals surface area (Å²) in [7, 11) is 0. The van der Waals surface area contributed by atoms with Crippen LogP contribution in [0, 0.1) is 0 Å². The van der Waals surface area contributed by atoms with Crippen LogP contribution >= 0.6 is 0 Å². The molecule has 0 rings (SSSR count). The number of nitrogens with one attached hydrogen (secondary N) is 1. The van der Waals surface area contributed by atoms with Gasteiger partial charge in [0.05, 0.1) is 12.1 Å². The molecule has 6 nitrogen and oxygen atoms in total. The third kappa shape index (κ3) is 6.40. The maximum Gasteiger partial charge on any atom is 0.237 e. The van der Waals surface area contributed by atoms with Gasteiger partial charge in [-0.1, -0.05) is 6.42 Å². The fraction of sp³-hybridized carbons (Fsp3) is 0.889. The molecule has 6 heteroatoms. The van der Waals surface area contributed by atoms with Crippen LogP contribution in [0.15, 0.2) is 0 Å². The molecule has 0 saturated heterocycles. The molecule has 9 N–H and O–H groups in total. The molecule has 0 aliphatic heterocycles. The molecule has 0 bridgehead atoms. The molecule has 0 aliphatic carbocycles. The van der Waals surface area contributed by atoms with E-state index in [9.17, 15) is 4.79 Å². The molecule has 1 atom stereocenters. The van der Waals surface area contributed by atoms with Crippen molar-refractivity contribution in [2.75, 3.05) is 19.6 Å². The van der Waals surface area contributed by atoms with Crippen LogP contribution in [-0.4, -0.2) is 37.6 Å². The maximum absolute atomic E-state index is 11.5. The van der Waals surface area contributed by atoms with E-state index in [-0.39, 0.29) is 11.9 Å². The Morgan fingerprint density at radius 2 is 1.73 bits per heavy atom. The molecule has 0 aromatic heterocycles. The smallest absolute Gasteiger partial charge is 0.237 e. The van der Waals surface area contributed by atoms with Crippen LogP contribution in [0.1, 0.15) is 19.3 Å². The molecule has 15 heavy (non-hydrogen) atoms. The van der Waals surface area contributed by atoms with Crippen molar-refractivity contribution in [1.82, 2.24) is 5.32 Å². The number of carbonyl (C=O) groups excluding carboxylic acids is 1. The Labute approximate surface area is 90.7 Å². The van der Waals surface area contributed by atoms with E-state index in [1.54, 1.807) is 0 Å². The predicted molar refractivity (Wildman–Crippen MR) is 60.9 cm³/mol. The summed E-state index contributed by atoms with van der Waals surface area (Å²) >= 11 is 0. The number of rotatable bonds is 8. The Balaban J connectivity index is 3.77. The van der Waals surface area contributed by atoms with Crippen molar-refractivity contribution in [1.29, 1.82) is 0 Å². The molecule has 1 amide bonds. The minimum absolute atomic E-state index is 0.182. The summed E-state index contributed by atoms with van der Waals surface area (Å²) < 4.78 is 0. The quantitative estimate of drug-likeness (QED) is 0.295. The van der Waals surface area contributed by atoms with Crippen LogP contribution in [0.5, 0.6) is 0 Å². The van der Waals surface area contributed by atoms with Crippen molar-refractivity contribution in [2.45, 2.75) is 31.3 Å². The summed E-state index contributed by atoms with van der Waals surface area (Å²) in [4.78, 5) is 11.5. The maximum atomic E-state index is 11.5. The van der Waals surface area contributed by atoms with E-state index >= 15 is 0 Å². The standard InChI is InChI=1S/C9H23N5O/c10-4-2-1-3-8(13)9(15)14-7(5-11)6-12/h7-8H,1-6,10-13H2,(H,14,15)/t8-/m0/s1. The Bertz CT molecular complexity index is 172. The average molecular weight is 217 g/mol. The SMILES string of the molecule is NCCCC[C@H](N)C(=O)NC(CN)CN. The number of carbonyl (C=O) groups is 1. The van der Waals surface area contributed by atoms with E-state index in [0.717, 1.165) is 12.8 Å². The van der Waals surface area contributed by atoms with E-state index in [1.165, 1.54) is 0 Å². The first-order valence-corrected chi connectivity index (χ1v) is 5.31.